The Kier molecular flexibility index (Phi) is 6.48. The van der Waals surface area contributed by atoms with E-state index in [2.05, 4.69) is 5.32 Å². The Hall–Kier alpha value is -1.96. The number of hydrogen-bond acceptors (Lipinski definition) is 3. The number of urea groups is 1. The van der Waals surface area contributed by atoms with E-state index in [0.717, 1.165) is 12.1 Å². The third-order valence-corrected chi connectivity index (χ3v) is 2.89. The normalized spacial score (nSPS) is 11.2. The Bertz CT molecular complexity index is 507. The number of anilines is 1. The molecule has 0 spiro atoms. The van der Waals surface area contributed by atoms with E-state index >= 15 is 0 Å². The predicted molar refractivity (Wildman–Crippen MR) is 76.0 cm³/mol. The second-order valence-electron chi connectivity index (χ2n) is 4.37. The maximum absolute atomic E-state index is 13.1. The molecular formula is C14H19F3N2O3. The highest BCUT2D eigenvalue weighted by molar-refractivity contribution is 5.90. The zero-order chi connectivity index (χ0) is 16.8. The fourth-order valence-corrected chi connectivity index (χ4v) is 1.84. The van der Waals surface area contributed by atoms with E-state index in [1.54, 1.807) is 13.8 Å². The highest BCUT2D eigenvalue weighted by atomic mass is 19.4. The number of amides is 2. The standard InChI is InChI=1S/C14H19F3N2O3/c1-3-19(7-8-20)13(21)18-12-6-5-10(22-4-2)9-11(12)14(15,16)17/h5-6,9,20H,3-4,7-8H2,1-2H3,(H,18,21). The van der Waals surface area contributed by atoms with Crippen LogP contribution in [-0.4, -0.2) is 42.3 Å². The molecule has 1 aromatic carbocycles. The van der Waals surface area contributed by atoms with Gasteiger partial charge in [0.1, 0.15) is 5.75 Å². The van der Waals surface area contributed by atoms with Crippen LogP contribution in [0.1, 0.15) is 19.4 Å². The van der Waals surface area contributed by atoms with Gasteiger partial charge in [-0.3, -0.25) is 0 Å². The SMILES string of the molecule is CCOc1ccc(NC(=O)N(CC)CCO)c(C(F)(F)F)c1. The van der Waals surface area contributed by atoms with E-state index in [1.807, 2.05) is 0 Å². The van der Waals surface area contributed by atoms with Gasteiger partial charge in [0, 0.05) is 13.1 Å². The van der Waals surface area contributed by atoms with Crippen LogP contribution in [0.5, 0.6) is 5.75 Å². The summed E-state index contributed by atoms with van der Waals surface area (Å²) in [6.07, 6.45) is -4.62. The number of carbonyl (C=O) groups is 1. The van der Waals surface area contributed by atoms with Crippen molar-refractivity contribution in [1.82, 2.24) is 4.90 Å². The summed E-state index contributed by atoms with van der Waals surface area (Å²) in [4.78, 5) is 13.1. The van der Waals surface area contributed by atoms with Gasteiger partial charge in [-0.05, 0) is 32.0 Å². The maximum atomic E-state index is 13.1. The van der Waals surface area contributed by atoms with Crippen molar-refractivity contribution in [3.63, 3.8) is 0 Å². The van der Waals surface area contributed by atoms with Crippen LogP contribution in [0.15, 0.2) is 18.2 Å². The maximum Gasteiger partial charge on any atom is 0.418 e. The smallest absolute Gasteiger partial charge is 0.418 e. The minimum Gasteiger partial charge on any atom is -0.494 e. The summed E-state index contributed by atoms with van der Waals surface area (Å²) in [5.74, 6) is 0.0792. The van der Waals surface area contributed by atoms with Gasteiger partial charge in [0.2, 0.25) is 0 Å². The second-order valence-corrected chi connectivity index (χ2v) is 4.37. The highest BCUT2D eigenvalue weighted by Gasteiger charge is 2.34. The molecule has 0 aromatic heterocycles. The van der Waals surface area contributed by atoms with Gasteiger partial charge < -0.3 is 20.1 Å². The number of likely N-dealkylation sites (N-methyl/N-ethyl adjacent to an activating group) is 1. The molecule has 5 nitrogen and oxygen atoms in total. The average Bonchev–Trinajstić information content (AvgIpc) is 2.45. The molecule has 8 heteroatoms. The molecule has 0 saturated heterocycles. The van der Waals surface area contributed by atoms with E-state index in [1.165, 1.54) is 11.0 Å². The van der Waals surface area contributed by atoms with Gasteiger partial charge in [0.05, 0.1) is 24.5 Å². The number of halogens is 3. The minimum absolute atomic E-state index is 0.0424. The number of rotatable bonds is 6. The van der Waals surface area contributed by atoms with Crippen molar-refractivity contribution >= 4 is 11.7 Å². The number of alkyl halides is 3. The van der Waals surface area contributed by atoms with Crippen LogP contribution in [0, 0.1) is 0 Å². The van der Waals surface area contributed by atoms with Gasteiger partial charge in [-0.2, -0.15) is 13.2 Å². The summed E-state index contributed by atoms with van der Waals surface area (Å²) in [6, 6.07) is 2.66. The highest BCUT2D eigenvalue weighted by Crippen LogP contribution is 2.37. The molecule has 0 aliphatic rings. The van der Waals surface area contributed by atoms with Crippen LogP contribution in [0.4, 0.5) is 23.7 Å². The van der Waals surface area contributed by atoms with Gasteiger partial charge in [-0.15, -0.1) is 0 Å². The summed E-state index contributed by atoms with van der Waals surface area (Å²) < 4.78 is 44.3. The molecule has 0 bridgehead atoms. The number of carbonyl (C=O) groups excluding carboxylic acids is 1. The second kappa shape index (κ2) is 7.88. The lowest BCUT2D eigenvalue weighted by molar-refractivity contribution is -0.137. The van der Waals surface area contributed by atoms with Crippen LogP contribution in [-0.2, 0) is 6.18 Å². The van der Waals surface area contributed by atoms with Crippen molar-refractivity contribution in [2.75, 3.05) is 31.6 Å². The molecule has 0 fully saturated rings. The van der Waals surface area contributed by atoms with E-state index in [0.29, 0.717) is 0 Å². The lowest BCUT2D eigenvalue weighted by Crippen LogP contribution is -2.37. The number of ether oxygens (including phenoxy) is 1. The summed E-state index contributed by atoms with van der Waals surface area (Å²) in [6.45, 7) is 3.61. The first-order valence-electron chi connectivity index (χ1n) is 6.84. The van der Waals surface area contributed by atoms with Crippen LogP contribution in [0.2, 0.25) is 0 Å². The van der Waals surface area contributed by atoms with Crippen LogP contribution >= 0.6 is 0 Å². The Morgan fingerprint density at radius 3 is 2.55 bits per heavy atom. The van der Waals surface area contributed by atoms with E-state index in [4.69, 9.17) is 9.84 Å². The van der Waals surface area contributed by atoms with Gasteiger partial charge >= 0.3 is 12.2 Å². The third kappa shape index (κ3) is 4.80. The van der Waals surface area contributed by atoms with Crippen molar-refractivity contribution in [2.45, 2.75) is 20.0 Å². The summed E-state index contributed by atoms with van der Waals surface area (Å²) >= 11 is 0. The quantitative estimate of drug-likeness (QED) is 0.847. The summed E-state index contributed by atoms with van der Waals surface area (Å²) in [5.41, 5.74) is -1.33. The van der Waals surface area contributed by atoms with Crippen molar-refractivity contribution in [1.29, 1.82) is 0 Å². The van der Waals surface area contributed by atoms with E-state index in [-0.39, 0.29) is 37.7 Å². The number of aliphatic hydroxyl groups is 1. The molecule has 2 amide bonds. The molecule has 0 saturated carbocycles. The topological polar surface area (TPSA) is 61.8 Å². The van der Waals surface area contributed by atoms with Crippen molar-refractivity contribution in [3.05, 3.63) is 23.8 Å². The monoisotopic (exact) mass is 320 g/mol. The molecule has 0 aliphatic heterocycles. The molecule has 0 aliphatic carbocycles. The molecule has 0 unspecified atom stereocenters. The Morgan fingerprint density at radius 2 is 2.05 bits per heavy atom. The van der Waals surface area contributed by atoms with Crippen molar-refractivity contribution < 1.29 is 27.8 Å². The molecule has 1 aromatic rings. The first-order valence-corrected chi connectivity index (χ1v) is 6.84. The van der Waals surface area contributed by atoms with Crippen molar-refractivity contribution in [2.24, 2.45) is 0 Å². The van der Waals surface area contributed by atoms with Gasteiger partial charge in [0.25, 0.3) is 0 Å². The zero-order valence-electron chi connectivity index (χ0n) is 12.4. The zero-order valence-corrected chi connectivity index (χ0v) is 12.4. The van der Waals surface area contributed by atoms with E-state index in [9.17, 15) is 18.0 Å². The van der Waals surface area contributed by atoms with Crippen LogP contribution < -0.4 is 10.1 Å². The minimum atomic E-state index is -4.62. The van der Waals surface area contributed by atoms with Gasteiger partial charge in [0.15, 0.2) is 0 Å². The van der Waals surface area contributed by atoms with Crippen molar-refractivity contribution in [3.8, 4) is 5.75 Å². The van der Waals surface area contributed by atoms with Gasteiger partial charge in [-0.25, -0.2) is 4.79 Å². The fraction of sp³-hybridized carbons (Fsp3) is 0.500. The molecule has 22 heavy (non-hydrogen) atoms. The lowest BCUT2D eigenvalue weighted by atomic mass is 10.1. The van der Waals surface area contributed by atoms with Gasteiger partial charge in [-0.1, -0.05) is 0 Å². The Labute approximate surface area is 126 Å². The Morgan fingerprint density at radius 1 is 1.36 bits per heavy atom. The number of nitrogens with one attached hydrogen (secondary N) is 1. The molecule has 124 valence electrons. The number of aliphatic hydroxyl groups excluding tert-OH is 1. The third-order valence-electron chi connectivity index (χ3n) is 2.89. The molecule has 1 rings (SSSR count). The number of benzene rings is 1. The summed E-state index contributed by atoms with van der Waals surface area (Å²) in [5, 5.41) is 11.1. The number of nitrogens with zero attached hydrogens (tertiary/aromatic N) is 1. The largest absolute Gasteiger partial charge is 0.494 e. The molecule has 0 heterocycles. The molecule has 2 N–H and O–H groups in total. The summed E-state index contributed by atoms with van der Waals surface area (Å²) in [7, 11) is 0. The average molecular weight is 320 g/mol. The molecular weight excluding hydrogens is 301 g/mol. The fourth-order valence-electron chi connectivity index (χ4n) is 1.84. The van der Waals surface area contributed by atoms with Crippen LogP contribution in [0.25, 0.3) is 0 Å². The lowest BCUT2D eigenvalue weighted by Gasteiger charge is -2.22. The first-order chi connectivity index (χ1) is 10.3. The first kappa shape index (κ1) is 18.1. The van der Waals surface area contributed by atoms with E-state index < -0.39 is 17.8 Å². The Balaban J connectivity index is 3.05. The molecule has 0 radical (unpaired) electrons. The number of hydrogen-bond donors (Lipinski definition) is 2. The predicted octanol–water partition coefficient (Wildman–Crippen LogP) is 2.95. The molecule has 0 atom stereocenters. The van der Waals surface area contributed by atoms with Crippen LogP contribution in [0.3, 0.4) is 0 Å².